The van der Waals surface area contributed by atoms with Gasteiger partial charge in [-0.3, -0.25) is 0 Å². The molecule has 7 heteroatoms. The summed E-state index contributed by atoms with van der Waals surface area (Å²) in [5.41, 5.74) is -0.0868. The number of amides is 1. The van der Waals surface area contributed by atoms with Crippen LogP contribution in [0.5, 0.6) is 5.75 Å². The van der Waals surface area contributed by atoms with Crippen LogP contribution in [0.3, 0.4) is 0 Å². The molecule has 2 atom stereocenters. The zero-order chi connectivity index (χ0) is 17.8. The highest BCUT2D eigenvalue weighted by Crippen LogP contribution is 2.45. The second-order valence-corrected chi connectivity index (χ2v) is 8.11. The number of ether oxygens (including phenoxy) is 3. The first-order valence-corrected chi connectivity index (χ1v) is 8.40. The Kier molecular flexibility index (Phi) is 3.96. The zero-order valence-electron chi connectivity index (χ0n) is 14.7. The number of fused-ring (bicyclic) bond motifs is 1. The summed E-state index contributed by atoms with van der Waals surface area (Å²) < 4.78 is 16.6. The van der Waals surface area contributed by atoms with Gasteiger partial charge < -0.3 is 19.5 Å². The fraction of sp³-hybridized carbons (Fsp3) is 0.647. The average molecular weight is 355 g/mol. The zero-order valence-corrected chi connectivity index (χ0v) is 15.4. The van der Waals surface area contributed by atoms with E-state index in [4.69, 9.17) is 25.8 Å². The maximum Gasteiger partial charge on any atom is 0.408 e. The molecule has 24 heavy (non-hydrogen) atoms. The number of epoxide rings is 1. The first kappa shape index (κ1) is 17.3. The van der Waals surface area contributed by atoms with Crippen LogP contribution in [0.4, 0.5) is 4.79 Å². The number of rotatable bonds is 2. The summed E-state index contributed by atoms with van der Waals surface area (Å²) in [5, 5.41) is 3.25. The molecule has 2 unspecified atom stereocenters. The van der Waals surface area contributed by atoms with E-state index in [0.29, 0.717) is 25.4 Å². The highest BCUT2D eigenvalue weighted by molar-refractivity contribution is 6.31. The summed E-state index contributed by atoms with van der Waals surface area (Å²) >= 11 is 6.32. The molecule has 0 aliphatic carbocycles. The smallest absolute Gasteiger partial charge is 0.408 e. The van der Waals surface area contributed by atoms with Gasteiger partial charge in [0.05, 0.1) is 24.4 Å². The van der Waals surface area contributed by atoms with Crippen molar-refractivity contribution in [3.63, 3.8) is 0 Å². The molecule has 2 aliphatic rings. The molecule has 3 rings (SSSR count). The highest BCUT2D eigenvalue weighted by atomic mass is 35.5. The lowest BCUT2D eigenvalue weighted by Crippen LogP contribution is -2.48. The molecule has 1 N–H and O–H groups in total. The van der Waals surface area contributed by atoms with E-state index >= 15 is 0 Å². The third-order valence-electron chi connectivity index (χ3n) is 4.27. The van der Waals surface area contributed by atoms with Crippen LogP contribution in [-0.2, 0) is 20.6 Å². The molecule has 1 amide bonds. The normalized spacial score (nSPS) is 28.6. The largest absolute Gasteiger partial charge is 0.490 e. The molecular weight excluding hydrogens is 332 g/mol. The monoisotopic (exact) mass is 354 g/mol. The molecule has 0 spiro atoms. The maximum atomic E-state index is 12.3. The van der Waals surface area contributed by atoms with Crippen LogP contribution in [0.25, 0.3) is 0 Å². The average Bonchev–Trinajstić information content (AvgIpc) is 3.16. The first-order chi connectivity index (χ1) is 11.0. The number of aromatic nitrogens is 1. The van der Waals surface area contributed by atoms with Crippen molar-refractivity contribution in [2.24, 2.45) is 0 Å². The van der Waals surface area contributed by atoms with E-state index < -0.39 is 22.8 Å². The quantitative estimate of drug-likeness (QED) is 0.650. The fourth-order valence-electron chi connectivity index (χ4n) is 2.73. The lowest BCUT2D eigenvalue weighted by atomic mass is 9.86. The van der Waals surface area contributed by atoms with E-state index in [1.54, 1.807) is 0 Å². The van der Waals surface area contributed by atoms with Gasteiger partial charge in [-0.05, 0) is 40.7 Å². The predicted octanol–water partition coefficient (Wildman–Crippen LogP) is 3.50. The molecule has 0 radical (unpaired) electrons. The lowest BCUT2D eigenvalue weighted by Gasteiger charge is -2.37. The molecular formula is C17H23ClN2O4. The summed E-state index contributed by atoms with van der Waals surface area (Å²) in [4.78, 5) is 16.7. The van der Waals surface area contributed by atoms with Crippen LogP contribution in [0, 0.1) is 0 Å². The molecule has 132 valence electrons. The molecule has 0 aromatic carbocycles. The van der Waals surface area contributed by atoms with Gasteiger partial charge in [-0.2, -0.15) is 0 Å². The molecule has 3 heterocycles. The van der Waals surface area contributed by atoms with Crippen molar-refractivity contribution < 1.29 is 19.0 Å². The van der Waals surface area contributed by atoms with Gasteiger partial charge in [0.15, 0.2) is 10.9 Å². The third-order valence-corrected chi connectivity index (χ3v) is 4.53. The summed E-state index contributed by atoms with van der Waals surface area (Å²) in [6, 6.07) is 1.91. The number of carbonyl (C=O) groups is 1. The van der Waals surface area contributed by atoms with Crippen molar-refractivity contribution in [3.05, 3.63) is 22.5 Å². The van der Waals surface area contributed by atoms with E-state index in [2.05, 4.69) is 10.3 Å². The summed E-state index contributed by atoms with van der Waals surface area (Å²) in [6.07, 6.45) is 0.137. The number of carbonyl (C=O) groups excluding carboxylic acids is 1. The summed E-state index contributed by atoms with van der Waals surface area (Å²) in [6.45, 7) is 10.4. The van der Waals surface area contributed by atoms with Gasteiger partial charge in [0.1, 0.15) is 11.2 Å². The minimum Gasteiger partial charge on any atom is -0.490 e. The Morgan fingerprint density at radius 3 is 2.67 bits per heavy atom. The second-order valence-electron chi connectivity index (χ2n) is 7.75. The SMILES string of the molecule is CC(C)(C)OC(=O)NC1(C)CCOc2c1cc(C1(C)CO1)nc2Cl. The second kappa shape index (κ2) is 5.49. The minimum absolute atomic E-state index is 0.288. The van der Waals surface area contributed by atoms with Gasteiger partial charge in [-0.15, -0.1) is 0 Å². The van der Waals surface area contributed by atoms with Gasteiger partial charge in [0.25, 0.3) is 0 Å². The van der Waals surface area contributed by atoms with Crippen molar-refractivity contribution in [3.8, 4) is 5.75 Å². The van der Waals surface area contributed by atoms with Crippen molar-refractivity contribution in [1.29, 1.82) is 0 Å². The molecule has 0 bridgehead atoms. The topological polar surface area (TPSA) is 73.0 Å². The van der Waals surface area contributed by atoms with Crippen LogP contribution < -0.4 is 10.1 Å². The Balaban J connectivity index is 1.95. The molecule has 1 aromatic rings. The number of hydrogen-bond donors (Lipinski definition) is 1. The molecule has 0 saturated carbocycles. The lowest BCUT2D eigenvalue weighted by molar-refractivity contribution is 0.0432. The van der Waals surface area contributed by atoms with Crippen molar-refractivity contribution in [1.82, 2.24) is 10.3 Å². The van der Waals surface area contributed by atoms with Crippen LogP contribution >= 0.6 is 11.6 Å². The number of hydrogen-bond acceptors (Lipinski definition) is 5. The predicted molar refractivity (Wildman–Crippen MR) is 89.4 cm³/mol. The van der Waals surface area contributed by atoms with Gasteiger partial charge in [-0.1, -0.05) is 11.6 Å². The molecule has 6 nitrogen and oxygen atoms in total. The number of nitrogens with zero attached hydrogens (tertiary/aromatic N) is 1. The van der Waals surface area contributed by atoms with Crippen molar-refractivity contribution in [2.75, 3.05) is 13.2 Å². The molecule has 2 aliphatic heterocycles. The Morgan fingerprint density at radius 2 is 2.08 bits per heavy atom. The maximum absolute atomic E-state index is 12.3. The van der Waals surface area contributed by atoms with Gasteiger partial charge >= 0.3 is 6.09 Å². The summed E-state index contributed by atoms with van der Waals surface area (Å²) in [7, 11) is 0. The molecule has 1 fully saturated rings. The Hall–Kier alpha value is -1.53. The van der Waals surface area contributed by atoms with Gasteiger partial charge in [-0.25, -0.2) is 9.78 Å². The molecule has 1 aromatic heterocycles. The van der Waals surface area contributed by atoms with E-state index in [0.717, 1.165) is 11.3 Å². The number of alkyl carbamates (subject to hydrolysis) is 1. The third kappa shape index (κ3) is 3.30. The molecule has 1 saturated heterocycles. The minimum atomic E-state index is -0.650. The van der Waals surface area contributed by atoms with Crippen LogP contribution in [0.2, 0.25) is 5.15 Å². The van der Waals surface area contributed by atoms with Crippen LogP contribution in [0.1, 0.15) is 52.3 Å². The van der Waals surface area contributed by atoms with Crippen molar-refractivity contribution in [2.45, 2.75) is 57.8 Å². The van der Waals surface area contributed by atoms with E-state index in [1.807, 2.05) is 40.7 Å². The number of pyridine rings is 1. The standard InChI is InChI=1S/C17H23ClN2O4/c1-15(2,3)24-14(21)20-16(4)6-7-22-12-10(16)8-11(19-13(12)18)17(5)9-23-17/h8H,6-7,9H2,1-5H3,(H,20,21). The van der Waals surface area contributed by atoms with Crippen molar-refractivity contribution >= 4 is 17.7 Å². The Labute approximate surface area is 146 Å². The van der Waals surface area contributed by atoms with E-state index in [-0.39, 0.29) is 5.15 Å². The summed E-state index contributed by atoms with van der Waals surface area (Å²) in [5.74, 6) is 0.509. The van der Waals surface area contributed by atoms with Gasteiger partial charge in [0.2, 0.25) is 0 Å². The Bertz CT molecular complexity index is 682. The van der Waals surface area contributed by atoms with Crippen LogP contribution in [-0.4, -0.2) is 29.9 Å². The van der Waals surface area contributed by atoms with E-state index in [9.17, 15) is 4.79 Å². The number of nitrogens with one attached hydrogen (secondary N) is 1. The van der Waals surface area contributed by atoms with Gasteiger partial charge in [0, 0.05) is 12.0 Å². The first-order valence-electron chi connectivity index (χ1n) is 8.02. The highest BCUT2D eigenvalue weighted by Gasteiger charge is 2.46. The number of halogens is 1. The van der Waals surface area contributed by atoms with E-state index in [1.165, 1.54) is 0 Å². The van der Waals surface area contributed by atoms with Crippen LogP contribution in [0.15, 0.2) is 6.07 Å². The Morgan fingerprint density at radius 1 is 1.42 bits per heavy atom. The fourth-order valence-corrected chi connectivity index (χ4v) is 2.97.